The van der Waals surface area contributed by atoms with Crippen LogP contribution in [0.4, 0.5) is 0 Å². The van der Waals surface area contributed by atoms with Crippen molar-refractivity contribution in [1.82, 2.24) is 20.3 Å². The van der Waals surface area contributed by atoms with E-state index in [2.05, 4.69) is 22.6 Å². The SMILES string of the molecule is Cc1ccc(OCCCCNC(=O)c2nnn(-c3ccccc3)c2C2CC2)cc1. The van der Waals surface area contributed by atoms with Crippen LogP contribution in [0.25, 0.3) is 5.69 Å². The van der Waals surface area contributed by atoms with Crippen molar-refractivity contribution in [2.24, 2.45) is 0 Å². The molecule has 0 aliphatic heterocycles. The number of para-hydroxylation sites is 1. The summed E-state index contributed by atoms with van der Waals surface area (Å²) in [5.41, 5.74) is 3.53. The van der Waals surface area contributed by atoms with Crippen LogP contribution < -0.4 is 10.1 Å². The molecule has 1 aromatic heterocycles. The van der Waals surface area contributed by atoms with Gasteiger partial charge in [0.2, 0.25) is 0 Å². The standard InChI is InChI=1S/C23H26N4O2/c1-17-9-13-20(14-10-17)29-16-6-5-15-24-23(28)21-22(18-11-12-18)27(26-25-21)19-7-3-2-4-8-19/h2-4,7-10,13-14,18H,5-6,11-12,15-16H2,1H3,(H,24,28). The van der Waals surface area contributed by atoms with Crippen LogP contribution in [0.1, 0.15) is 53.3 Å². The fraction of sp³-hybridized carbons (Fsp3) is 0.348. The van der Waals surface area contributed by atoms with Crippen LogP contribution >= 0.6 is 0 Å². The Kier molecular flexibility index (Phi) is 5.89. The van der Waals surface area contributed by atoms with E-state index in [4.69, 9.17) is 4.74 Å². The van der Waals surface area contributed by atoms with E-state index in [0.29, 0.717) is 24.8 Å². The van der Waals surface area contributed by atoms with Crippen LogP contribution in [0.2, 0.25) is 0 Å². The lowest BCUT2D eigenvalue weighted by Crippen LogP contribution is -2.26. The lowest BCUT2D eigenvalue weighted by molar-refractivity contribution is 0.0946. The third-order valence-corrected chi connectivity index (χ3v) is 5.03. The van der Waals surface area contributed by atoms with Gasteiger partial charge in [0.05, 0.1) is 18.0 Å². The minimum Gasteiger partial charge on any atom is -0.494 e. The van der Waals surface area contributed by atoms with Gasteiger partial charge in [0.15, 0.2) is 5.69 Å². The molecule has 1 amide bonds. The molecule has 0 radical (unpaired) electrons. The lowest BCUT2D eigenvalue weighted by atomic mass is 10.2. The van der Waals surface area contributed by atoms with Crippen LogP contribution in [0.15, 0.2) is 54.6 Å². The number of nitrogens with one attached hydrogen (secondary N) is 1. The predicted molar refractivity (Wildman–Crippen MR) is 112 cm³/mol. The molecule has 2 aromatic carbocycles. The van der Waals surface area contributed by atoms with E-state index in [9.17, 15) is 4.79 Å². The number of rotatable bonds is 9. The molecule has 1 heterocycles. The van der Waals surface area contributed by atoms with E-state index >= 15 is 0 Å². The van der Waals surface area contributed by atoms with E-state index in [-0.39, 0.29) is 5.91 Å². The zero-order valence-electron chi connectivity index (χ0n) is 16.7. The highest BCUT2D eigenvalue weighted by Crippen LogP contribution is 2.41. The molecule has 1 aliphatic carbocycles. The second-order valence-corrected chi connectivity index (χ2v) is 7.47. The van der Waals surface area contributed by atoms with Crippen LogP contribution in [-0.2, 0) is 0 Å². The topological polar surface area (TPSA) is 69.0 Å². The summed E-state index contributed by atoms with van der Waals surface area (Å²) < 4.78 is 7.53. The van der Waals surface area contributed by atoms with E-state index in [0.717, 1.165) is 42.8 Å². The van der Waals surface area contributed by atoms with Gasteiger partial charge in [-0.05, 0) is 56.9 Å². The average Bonchev–Trinajstić information content (AvgIpc) is 3.50. The van der Waals surface area contributed by atoms with Crippen LogP contribution in [0.3, 0.4) is 0 Å². The second-order valence-electron chi connectivity index (χ2n) is 7.47. The van der Waals surface area contributed by atoms with Gasteiger partial charge in [0.25, 0.3) is 5.91 Å². The molecule has 150 valence electrons. The predicted octanol–water partition coefficient (Wildman–Crippen LogP) is 4.04. The van der Waals surface area contributed by atoms with Gasteiger partial charge in [-0.15, -0.1) is 5.10 Å². The average molecular weight is 390 g/mol. The summed E-state index contributed by atoms with van der Waals surface area (Å²) in [4.78, 5) is 12.7. The van der Waals surface area contributed by atoms with E-state index < -0.39 is 0 Å². The highest BCUT2D eigenvalue weighted by molar-refractivity contribution is 5.93. The Morgan fingerprint density at radius 1 is 1.10 bits per heavy atom. The molecule has 3 aromatic rings. The van der Waals surface area contributed by atoms with Gasteiger partial charge >= 0.3 is 0 Å². The molecule has 6 heteroatoms. The lowest BCUT2D eigenvalue weighted by Gasteiger charge is -2.08. The minimum absolute atomic E-state index is 0.145. The maximum atomic E-state index is 12.7. The molecule has 29 heavy (non-hydrogen) atoms. The van der Waals surface area contributed by atoms with E-state index in [1.54, 1.807) is 0 Å². The van der Waals surface area contributed by atoms with Crippen molar-refractivity contribution in [1.29, 1.82) is 0 Å². The van der Waals surface area contributed by atoms with Gasteiger partial charge in [-0.25, -0.2) is 4.68 Å². The highest BCUT2D eigenvalue weighted by atomic mass is 16.5. The fourth-order valence-electron chi connectivity index (χ4n) is 3.27. The summed E-state index contributed by atoms with van der Waals surface area (Å²) in [6, 6.07) is 17.9. The van der Waals surface area contributed by atoms with E-state index in [1.807, 2.05) is 59.3 Å². The van der Waals surface area contributed by atoms with Crippen molar-refractivity contribution in [2.75, 3.05) is 13.2 Å². The van der Waals surface area contributed by atoms with Gasteiger partial charge in [0, 0.05) is 12.5 Å². The van der Waals surface area contributed by atoms with Crippen molar-refractivity contribution in [2.45, 2.75) is 38.5 Å². The van der Waals surface area contributed by atoms with Crippen molar-refractivity contribution < 1.29 is 9.53 Å². The Balaban J connectivity index is 1.28. The molecule has 1 N–H and O–H groups in total. The smallest absolute Gasteiger partial charge is 0.273 e. The number of carbonyl (C=O) groups is 1. The quantitative estimate of drug-likeness (QED) is 0.560. The zero-order chi connectivity index (χ0) is 20.1. The summed E-state index contributed by atoms with van der Waals surface area (Å²) in [6.45, 7) is 3.29. The van der Waals surface area contributed by atoms with Gasteiger partial charge in [0.1, 0.15) is 5.75 Å². The summed E-state index contributed by atoms with van der Waals surface area (Å²) in [5.74, 6) is 1.11. The molecule has 0 bridgehead atoms. The first-order chi connectivity index (χ1) is 14.2. The monoisotopic (exact) mass is 390 g/mol. The number of aromatic nitrogens is 3. The highest BCUT2D eigenvalue weighted by Gasteiger charge is 2.34. The molecule has 6 nitrogen and oxygen atoms in total. The Hall–Kier alpha value is -3.15. The number of ether oxygens (including phenoxy) is 1. The third kappa shape index (κ3) is 4.83. The molecule has 0 atom stereocenters. The number of carbonyl (C=O) groups excluding carboxylic acids is 1. The molecular weight excluding hydrogens is 364 g/mol. The number of benzene rings is 2. The number of hydrogen-bond donors (Lipinski definition) is 1. The molecule has 1 saturated carbocycles. The van der Waals surface area contributed by atoms with Gasteiger partial charge in [-0.3, -0.25) is 4.79 Å². The van der Waals surface area contributed by atoms with Crippen LogP contribution in [0, 0.1) is 6.92 Å². The number of amides is 1. The van der Waals surface area contributed by atoms with E-state index in [1.165, 1.54) is 5.56 Å². The first kappa shape index (κ1) is 19.2. The summed E-state index contributed by atoms with van der Waals surface area (Å²) in [7, 11) is 0. The molecule has 0 saturated heterocycles. The first-order valence-electron chi connectivity index (χ1n) is 10.2. The maximum absolute atomic E-state index is 12.7. The van der Waals surface area contributed by atoms with Crippen molar-refractivity contribution in [3.8, 4) is 11.4 Å². The molecule has 4 rings (SSSR count). The zero-order valence-corrected chi connectivity index (χ0v) is 16.7. The van der Waals surface area contributed by atoms with Gasteiger partial charge in [-0.1, -0.05) is 41.1 Å². The van der Waals surface area contributed by atoms with Crippen molar-refractivity contribution >= 4 is 5.91 Å². The van der Waals surface area contributed by atoms with Crippen LogP contribution in [0.5, 0.6) is 5.75 Å². The largest absolute Gasteiger partial charge is 0.494 e. The normalized spacial score (nSPS) is 13.3. The molecular formula is C23H26N4O2. The summed E-state index contributed by atoms with van der Waals surface area (Å²) in [5, 5.41) is 11.4. The van der Waals surface area contributed by atoms with Crippen LogP contribution in [-0.4, -0.2) is 34.1 Å². The minimum atomic E-state index is -0.145. The van der Waals surface area contributed by atoms with Crippen molar-refractivity contribution in [3.05, 3.63) is 71.5 Å². The Morgan fingerprint density at radius 3 is 2.59 bits per heavy atom. The fourth-order valence-corrected chi connectivity index (χ4v) is 3.27. The molecule has 0 unspecified atom stereocenters. The molecule has 0 spiro atoms. The number of aryl methyl sites for hydroxylation is 1. The second kappa shape index (κ2) is 8.90. The number of hydrogen-bond acceptors (Lipinski definition) is 4. The third-order valence-electron chi connectivity index (χ3n) is 5.03. The molecule has 1 fully saturated rings. The van der Waals surface area contributed by atoms with Gasteiger partial charge < -0.3 is 10.1 Å². The van der Waals surface area contributed by atoms with Gasteiger partial charge in [-0.2, -0.15) is 0 Å². The maximum Gasteiger partial charge on any atom is 0.273 e. The summed E-state index contributed by atoms with van der Waals surface area (Å²) in [6.07, 6.45) is 3.89. The Morgan fingerprint density at radius 2 is 1.86 bits per heavy atom. The Labute approximate surface area is 170 Å². The Bertz CT molecular complexity index is 947. The van der Waals surface area contributed by atoms with Crippen molar-refractivity contribution in [3.63, 3.8) is 0 Å². The molecule has 1 aliphatic rings. The first-order valence-corrected chi connectivity index (χ1v) is 10.2. The number of unbranched alkanes of at least 4 members (excludes halogenated alkanes) is 1. The number of nitrogens with zero attached hydrogens (tertiary/aromatic N) is 3. The summed E-state index contributed by atoms with van der Waals surface area (Å²) >= 11 is 0.